The maximum atomic E-state index is 12.3. The van der Waals surface area contributed by atoms with Gasteiger partial charge in [0.2, 0.25) is 0 Å². The van der Waals surface area contributed by atoms with Crippen LogP contribution in [0.1, 0.15) is 36.0 Å². The lowest BCUT2D eigenvalue weighted by molar-refractivity contribution is 0.0929. The van der Waals surface area contributed by atoms with Gasteiger partial charge in [-0.05, 0) is 43.4 Å². The summed E-state index contributed by atoms with van der Waals surface area (Å²) in [5.74, 6) is 0.795. The van der Waals surface area contributed by atoms with Crippen molar-refractivity contribution in [3.05, 3.63) is 58.5 Å². The molecule has 1 atom stereocenters. The highest BCUT2D eigenvalue weighted by molar-refractivity contribution is 9.10. The number of amides is 1. The highest BCUT2D eigenvalue weighted by Crippen LogP contribution is 2.20. The Hall–Kier alpha value is -1.59. The van der Waals surface area contributed by atoms with E-state index in [0.29, 0.717) is 12.1 Å². The SMILES string of the molecule is CCN(CC)C(CNC(=O)c1cccc(Br)c1)c1ccco1. The van der Waals surface area contributed by atoms with Crippen LogP contribution < -0.4 is 5.32 Å². The van der Waals surface area contributed by atoms with Crippen LogP contribution in [0.5, 0.6) is 0 Å². The van der Waals surface area contributed by atoms with Crippen molar-refractivity contribution in [1.29, 1.82) is 0 Å². The van der Waals surface area contributed by atoms with E-state index in [1.807, 2.05) is 30.3 Å². The van der Waals surface area contributed by atoms with E-state index in [2.05, 4.69) is 40.0 Å². The Kier molecular flexibility index (Phi) is 6.21. The highest BCUT2D eigenvalue weighted by Gasteiger charge is 2.21. The molecule has 0 aliphatic rings. The zero-order valence-electron chi connectivity index (χ0n) is 12.9. The lowest BCUT2D eigenvalue weighted by Gasteiger charge is -2.28. The third-order valence-electron chi connectivity index (χ3n) is 3.67. The maximum absolute atomic E-state index is 12.3. The molecule has 2 rings (SSSR count). The van der Waals surface area contributed by atoms with Crippen LogP contribution in [0.25, 0.3) is 0 Å². The minimum atomic E-state index is -0.0787. The van der Waals surface area contributed by atoms with Crippen molar-refractivity contribution in [1.82, 2.24) is 10.2 Å². The summed E-state index contributed by atoms with van der Waals surface area (Å²) in [6, 6.07) is 11.2. The fourth-order valence-corrected chi connectivity index (χ4v) is 2.88. The van der Waals surface area contributed by atoms with Crippen LogP contribution in [0.15, 0.2) is 51.6 Å². The number of nitrogens with one attached hydrogen (secondary N) is 1. The van der Waals surface area contributed by atoms with Crippen LogP contribution in [0.2, 0.25) is 0 Å². The van der Waals surface area contributed by atoms with Gasteiger partial charge in [0, 0.05) is 16.6 Å². The van der Waals surface area contributed by atoms with E-state index in [-0.39, 0.29) is 11.9 Å². The predicted octanol–water partition coefficient (Wildman–Crippen LogP) is 3.86. The average molecular weight is 365 g/mol. The minimum absolute atomic E-state index is 0.0427. The first-order valence-corrected chi connectivity index (χ1v) is 8.26. The van der Waals surface area contributed by atoms with Crippen molar-refractivity contribution in [3.8, 4) is 0 Å². The average Bonchev–Trinajstić information content (AvgIpc) is 3.05. The van der Waals surface area contributed by atoms with Gasteiger partial charge >= 0.3 is 0 Å². The third kappa shape index (κ3) is 4.21. The molecular weight excluding hydrogens is 344 g/mol. The lowest BCUT2D eigenvalue weighted by Crippen LogP contribution is -2.37. The first kappa shape index (κ1) is 16.8. The summed E-state index contributed by atoms with van der Waals surface area (Å²) in [4.78, 5) is 14.6. The standard InChI is InChI=1S/C17H21BrN2O2/c1-3-20(4-2)15(16-9-6-10-22-16)12-19-17(21)13-7-5-8-14(18)11-13/h5-11,15H,3-4,12H2,1-2H3,(H,19,21). The second kappa shape index (κ2) is 8.15. The Morgan fingerprint density at radius 2 is 2.05 bits per heavy atom. The molecule has 1 N–H and O–H groups in total. The molecule has 0 bridgehead atoms. The van der Waals surface area contributed by atoms with Crippen molar-refractivity contribution in [3.63, 3.8) is 0 Å². The van der Waals surface area contributed by atoms with Crippen LogP contribution in [-0.2, 0) is 0 Å². The largest absolute Gasteiger partial charge is 0.468 e. The predicted molar refractivity (Wildman–Crippen MR) is 90.8 cm³/mol. The van der Waals surface area contributed by atoms with Gasteiger partial charge < -0.3 is 9.73 Å². The van der Waals surface area contributed by atoms with Gasteiger partial charge in [-0.3, -0.25) is 9.69 Å². The Morgan fingerprint density at radius 1 is 1.27 bits per heavy atom. The molecule has 0 spiro atoms. The molecule has 1 heterocycles. The van der Waals surface area contributed by atoms with Crippen molar-refractivity contribution >= 4 is 21.8 Å². The molecule has 2 aromatic rings. The van der Waals surface area contributed by atoms with Gasteiger partial charge in [0.15, 0.2) is 0 Å². The Labute approximate surface area is 139 Å². The number of carbonyl (C=O) groups excluding carboxylic acids is 1. The maximum Gasteiger partial charge on any atom is 0.251 e. The van der Waals surface area contributed by atoms with E-state index >= 15 is 0 Å². The molecule has 1 unspecified atom stereocenters. The first-order valence-electron chi connectivity index (χ1n) is 7.46. The van der Waals surface area contributed by atoms with Gasteiger partial charge in [0.1, 0.15) is 5.76 Å². The fourth-order valence-electron chi connectivity index (χ4n) is 2.48. The molecule has 0 radical (unpaired) electrons. The summed E-state index contributed by atoms with van der Waals surface area (Å²) in [5.41, 5.74) is 0.645. The van der Waals surface area contributed by atoms with Crippen molar-refractivity contribution in [2.45, 2.75) is 19.9 Å². The van der Waals surface area contributed by atoms with Crippen LogP contribution in [0.3, 0.4) is 0 Å². The van der Waals surface area contributed by atoms with E-state index in [4.69, 9.17) is 4.42 Å². The molecule has 0 aliphatic carbocycles. The Bertz CT molecular complexity index is 594. The molecule has 0 fully saturated rings. The Morgan fingerprint density at radius 3 is 2.64 bits per heavy atom. The van der Waals surface area contributed by atoms with Crippen LogP contribution in [-0.4, -0.2) is 30.4 Å². The summed E-state index contributed by atoms with van der Waals surface area (Å²) in [5, 5.41) is 3.00. The monoisotopic (exact) mass is 364 g/mol. The smallest absolute Gasteiger partial charge is 0.251 e. The number of hydrogen-bond donors (Lipinski definition) is 1. The zero-order chi connectivity index (χ0) is 15.9. The summed E-state index contributed by atoms with van der Waals surface area (Å²) < 4.78 is 6.43. The van der Waals surface area contributed by atoms with Gasteiger partial charge in [-0.1, -0.05) is 35.8 Å². The number of carbonyl (C=O) groups is 1. The summed E-state index contributed by atoms with van der Waals surface area (Å²) >= 11 is 3.38. The second-order valence-corrected chi connectivity index (χ2v) is 5.89. The van der Waals surface area contributed by atoms with Gasteiger partial charge in [0.25, 0.3) is 5.91 Å². The van der Waals surface area contributed by atoms with Crippen LogP contribution >= 0.6 is 15.9 Å². The first-order chi connectivity index (χ1) is 10.7. The van der Waals surface area contributed by atoms with Crippen LogP contribution in [0, 0.1) is 0 Å². The van der Waals surface area contributed by atoms with Crippen molar-refractivity contribution in [2.24, 2.45) is 0 Å². The minimum Gasteiger partial charge on any atom is -0.468 e. The molecule has 1 aromatic heterocycles. The molecule has 0 saturated carbocycles. The molecule has 1 aromatic carbocycles. The van der Waals surface area contributed by atoms with E-state index in [1.54, 1.807) is 12.3 Å². The summed E-state index contributed by atoms with van der Waals surface area (Å²) in [6.45, 7) is 6.52. The van der Waals surface area contributed by atoms with Crippen LogP contribution in [0.4, 0.5) is 0 Å². The number of furan rings is 1. The molecule has 118 valence electrons. The van der Waals surface area contributed by atoms with E-state index in [0.717, 1.165) is 23.3 Å². The number of benzene rings is 1. The normalized spacial score (nSPS) is 12.4. The number of hydrogen-bond acceptors (Lipinski definition) is 3. The Balaban J connectivity index is 2.06. The molecular formula is C17H21BrN2O2. The molecule has 22 heavy (non-hydrogen) atoms. The number of halogens is 1. The van der Waals surface area contributed by atoms with Gasteiger partial charge in [0.05, 0.1) is 12.3 Å². The van der Waals surface area contributed by atoms with Gasteiger partial charge in [-0.15, -0.1) is 0 Å². The number of nitrogens with zero attached hydrogens (tertiary/aromatic N) is 1. The second-order valence-electron chi connectivity index (χ2n) is 4.97. The molecule has 0 saturated heterocycles. The highest BCUT2D eigenvalue weighted by atomic mass is 79.9. The van der Waals surface area contributed by atoms with Gasteiger partial charge in [-0.2, -0.15) is 0 Å². The fraction of sp³-hybridized carbons (Fsp3) is 0.353. The van der Waals surface area contributed by atoms with E-state index in [1.165, 1.54) is 0 Å². The molecule has 0 aliphatic heterocycles. The van der Waals surface area contributed by atoms with E-state index < -0.39 is 0 Å². The molecule has 5 heteroatoms. The molecule has 4 nitrogen and oxygen atoms in total. The van der Waals surface area contributed by atoms with E-state index in [9.17, 15) is 4.79 Å². The third-order valence-corrected chi connectivity index (χ3v) is 4.16. The number of likely N-dealkylation sites (N-methyl/N-ethyl adjacent to an activating group) is 1. The lowest BCUT2D eigenvalue weighted by atomic mass is 10.1. The summed E-state index contributed by atoms with van der Waals surface area (Å²) in [6.07, 6.45) is 1.67. The zero-order valence-corrected chi connectivity index (χ0v) is 14.5. The quantitative estimate of drug-likeness (QED) is 0.811. The van der Waals surface area contributed by atoms with Crippen molar-refractivity contribution in [2.75, 3.05) is 19.6 Å². The summed E-state index contributed by atoms with van der Waals surface area (Å²) in [7, 11) is 0. The van der Waals surface area contributed by atoms with Crippen molar-refractivity contribution < 1.29 is 9.21 Å². The topological polar surface area (TPSA) is 45.5 Å². The van der Waals surface area contributed by atoms with Gasteiger partial charge in [-0.25, -0.2) is 0 Å². The number of rotatable bonds is 7. The molecule has 1 amide bonds.